The minimum atomic E-state index is -0.583. The fourth-order valence-electron chi connectivity index (χ4n) is 4.28. The fraction of sp³-hybridized carbons (Fsp3) is 0.174. The third-order valence-corrected chi connectivity index (χ3v) is 5.65. The molecular weight excluding hydrogens is 343 g/mol. The van der Waals surface area contributed by atoms with Crippen molar-refractivity contribution in [3.05, 3.63) is 94.3 Å². The first-order valence-corrected chi connectivity index (χ1v) is 8.82. The van der Waals surface area contributed by atoms with Crippen LogP contribution in [0.3, 0.4) is 0 Å². The quantitative estimate of drug-likeness (QED) is 0.605. The highest BCUT2D eigenvalue weighted by molar-refractivity contribution is 5.90. The van der Waals surface area contributed by atoms with E-state index in [1.165, 1.54) is 19.2 Å². The lowest BCUT2D eigenvalue weighted by Crippen LogP contribution is -2.21. The second-order valence-corrected chi connectivity index (χ2v) is 7.13. The zero-order chi connectivity index (χ0) is 18.8. The van der Waals surface area contributed by atoms with Gasteiger partial charge in [-0.05, 0) is 70.6 Å². The minimum absolute atomic E-state index is 0.160. The molecule has 4 heteroatoms. The molecular formula is C23H17FO3. The van der Waals surface area contributed by atoms with Crippen LogP contribution in [0.2, 0.25) is 0 Å². The number of benzene rings is 3. The van der Waals surface area contributed by atoms with E-state index in [2.05, 4.69) is 12.1 Å². The Kier molecular flexibility index (Phi) is 3.31. The number of carbonyl (C=O) groups excluding carboxylic acids is 1. The first kappa shape index (κ1) is 16.2. The van der Waals surface area contributed by atoms with Crippen molar-refractivity contribution in [2.24, 2.45) is 0 Å². The third-order valence-electron chi connectivity index (χ3n) is 5.65. The van der Waals surface area contributed by atoms with Gasteiger partial charge in [0.1, 0.15) is 17.5 Å². The lowest BCUT2D eigenvalue weighted by atomic mass is 9.77. The van der Waals surface area contributed by atoms with Gasteiger partial charge in [0.25, 0.3) is 0 Å². The average molecular weight is 360 g/mol. The number of hydrogen-bond donors (Lipinski definition) is 0. The number of methoxy groups -OCH3 is 1. The lowest BCUT2D eigenvalue weighted by Gasteiger charge is -2.25. The molecule has 0 N–H and O–H groups in total. The largest absolute Gasteiger partial charge is 0.465 e. The normalized spacial score (nSPS) is 21.7. The highest BCUT2D eigenvalue weighted by Crippen LogP contribution is 2.58. The molecule has 0 fully saturated rings. The molecule has 2 heterocycles. The molecule has 0 saturated carbocycles. The summed E-state index contributed by atoms with van der Waals surface area (Å²) in [6, 6.07) is 18.3. The molecule has 27 heavy (non-hydrogen) atoms. The molecule has 134 valence electrons. The zero-order valence-corrected chi connectivity index (χ0v) is 15.0. The van der Waals surface area contributed by atoms with Crippen LogP contribution in [0.4, 0.5) is 4.39 Å². The maximum atomic E-state index is 13.2. The van der Waals surface area contributed by atoms with Crippen molar-refractivity contribution in [1.29, 1.82) is 0 Å². The highest BCUT2D eigenvalue weighted by atomic mass is 19.1. The van der Waals surface area contributed by atoms with Crippen LogP contribution >= 0.6 is 0 Å². The third kappa shape index (κ3) is 2.20. The summed E-state index contributed by atoms with van der Waals surface area (Å²) in [5.74, 6) is -0.596. The SMILES string of the molecule is COC(=O)c1ccc2c(c1)C1(C)OC2c2cc(-c3ccc(F)cc3)ccc21. The van der Waals surface area contributed by atoms with E-state index in [1.807, 2.05) is 25.1 Å². The van der Waals surface area contributed by atoms with Gasteiger partial charge in [-0.1, -0.05) is 30.3 Å². The van der Waals surface area contributed by atoms with Crippen molar-refractivity contribution in [1.82, 2.24) is 0 Å². The summed E-state index contributed by atoms with van der Waals surface area (Å²) in [7, 11) is 1.38. The van der Waals surface area contributed by atoms with Crippen molar-refractivity contribution in [3.8, 4) is 11.1 Å². The number of halogens is 1. The van der Waals surface area contributed by atoms with E-state index in [0.717, 1.165) is 33.4 Å². The highest BCUT2D eigenvalue weighted by Gasteiger charge is 2.51. The number of ether oxygens (including phenoxy) is 2. The maximum Gasteiger partial charge on any atom is 0.337 e. The van der Waals surface area contributed by atoms with Crippen molar-refractivity contribution in [2.45, 2.75) is 18.6 Å². The van der Waals surface area contributed by atoms with Gasteiger partial charge in [-0.3, -0.25) is 0 Å². The molecule has 3 nitrogen and oxygen atoms in total. The van der Waals surface area contributed by atoms with Crippen LogP contribution in [0.5, 0.6) is 0 Å². The topological polar surface area (TPSA) is 35.5 Å². The van der Waals surface area contributed by atoms with E-state index in [-0.39, 0.29) is 17.9 Å². The van der Waals surface area contributed by atoms with Gasteiger partial charge < -0.3 is 9.47 Å². The number of hydrogen-bond acceptors (Lipinski definition) is 3. The molecule has 0 aliphatic carbocycles. The van der Waals surface area contributed by atoms with E-state index < -0.39 is 5.60 Å². The molecule has 2 atom stereocenters. The van der Waals surface area contributed by atoms with Crippen LogP contribution in [0.25, 0.3) is 11.1 Å². The smallest absolute Gasteiger partial charge is 0.337 e. The molecule has 0 saturated heterocycles. The molecule has 3 aromatic carbocycles. The predicted molar refractivity (Wildman–Crippen MR) is 99.0 cm³/mol. The van der Waals surface area contributed by atoms with Gasteiger partial charge >= 0.3 is 5.97 Å². The Morgan fingerprint density at radius 1 is 0.963 bits per heavy atom. The fourth-order valence-corrected chi connectivity index (χ4v) is 4.28. The maximum absolute atomic E-state index is 13.2. The summed E-state index contributed by atoms with van der Waals surface area (Å²) >= 11 is 0. The summed E-state index contributed by atoms with van der Waals surface area (Å²) in [6.07, 6.45) is -0.160. The monoisotopic (exact) mass is 360 g/mol. The van der Waals surface area contributed by atoms with E-state index in [9.17, 15) is 9.18 Å². The van der Waals surface area contributed by atoms with E-state index in [0.29, 0.717) is 5.56 Å². The number of esters is 1. The second-order valence-electron chi connectivity index (χ2n) is 7.13. The summed E-state index contributed by atoms with van der Waals surface area (Å²) in [5, 5.41) is 0. The van der Waals surface area contributed by atoms with Crippen molar-refractivity contribution >= 4 is 5.97 Å². The van der Waals surface area contributed by atoms with Crippen molar-refractivity contribution < 1.29 is 18.7 Å². The zero-order valence-electron chi connectivity index (χ0n) is 15.0. The first-order valence-electron chi connectivity index (χ1n) is 8.82. The van der Waals surface area contributed by atoms with E-state index in [4.69, 9.17) is 9.47 Å². The molecule has 0 aromatic heterocycles. The van der Waals surface area contributed by atoms with E-state index in [1.54, 1.807) is 18.2 Å². The molecule has 0 spiro atoms. The van der Waals surface area contributed by atoms with Gasteiger partial charge in [-0.15, -0.1) is 0 Å². The Hall–Kier alpha value is -2.98. The average Bonchev–Trinajstić information content (AvgIpc) is 3.17. The Bertz CT molecular complexity index is 1090. The molecule has 0 radical (unpaired) electrons. The van der Waals surface area contributed by atoms with Gasteiger partial charge in [0, 0.05) is 0 Å². The molecule has 5 rings (SSSR count). The lowest BCUT2D eigenvalue weighted by molar-refractivity contribution is 0.00899. The molecule has 0 amide bonds. The van der Waals surface area contributed by atoms with Gasteiger partial charge in [0.15, 0.2) is 0 Å². The first-order chi connectivity index (χ1) is 13.0. The number of carbonyl (C=O) groups is 1. The molecule has 2 aliphatic rings. The summed E-state index contributed by atoms with van der Waals surface area (Å²) in [5.41, 5.74) is 6.25. The van der Waals surface area contributed by atoms with Crippen LogP contribution in [-0.4, -0.2) is 13.1 Å². The number of rotatable bonds is 2. The molecule has 2 aliphatic heterocycles. The summed E-state index contributed by atoms with van der Waals surface area (Å²) < 4.78 is 24.4. The Labute approximate surface area is 156 Å². The number of fused-ring (bicyclic) bond motifs is 8. The van der Waals surface area contributed by atoms with E-state index >= 15 is 0 Å². The Balaban J connectivity index is 1.61. The summed E-state index contributed by atoms with van der Waals surface area (Å²) in [6.45, 7) is 2.04. The summed E-state index contributed by atoms with van der Waals surface area (Å²) in [4.78, 5) is 11.9. The standard InChI is InChI=1S/C23H17FO3/c1-23-19-10-6-14(13-3-7-16(24)8-4-13)11-18(19)21(27-23)17-9-5-15(12-20(17)23)22(25)26-2/h3-12,21H,1-2H3. The van der Waals surface area contributed by atoms with Crippen molar-refractivity contribution in [3.63, 3.8) is 0 Å². The van der Waals surface area contributed by atoms with Crippen LogP contribution in [0.1, 0.15) is 45.6 Å². The van der Waals surface area contributed by atoms with Crippen LogP contribution < -0.4 is 0 Å². The Morgan fingerprint density at radius 3 is 2.44 bits per heavy atom. The van der Waals surface area contributed by atoms with Crippen molar-refractivity contribution in [2.75, 3.05) is 7.11 Å². The van der Waals surface area contributed by atoms with Gasteiger partial charge in [-0.2, -0.15) is 0 Å². The van der Waals surface area contributed by atoms with Gasteiger partial charge in [0.05, 0.1) is 12.7 Å². The predicted octanol–water partition coefficient (Wildman–Crippen LogP) is 4.98. The minimum Gasteiger partial charge on any atom is -0.465 e. The van der Waals surface area contributed by atoms with Crippen LogP contribution in [0, 0.1) is 5.82 Å². The Morgan fingerprint density at radius 2 is 1.70 bits per heavy atom. The molecule has 2 unspecified atom stereocenters. The molecule has 2 bridgehead atoms. The van der Waals surface area contributed by atoms with Gasteiger partial charge in [0.2, 0.25) is 0 Å². The second kappa shape index (κ2) is 5.51. The van der Waals surface area contributed by atoms with Crippen LogP contribution in [-0.2, 0) is 15.1 Å². The van der Waals surface area contributed by atoms with Crippen LogP contribution in [0.15, 0.2) is 60.7 Å². The van der Waals surface area contributed by atoms with Gasteiger partial charge in [-0.25, -0.2) is 9.18 Å². The molecule has 3 aromatic rings.